The maximum Gasteiger partial charge on any atom is 0.230 e. The number of halogens is 2. The van der Waals surface area contributed by atoms with E-state index in [2.05, 4.69) is 10.6 Å². The number of carbonyl (C=O) groups excluding carboxylic acids is 2. The van der Waals surface area contributed by atoms with Crippen molar-refractivity contribution in [2.24, 2.45) is 0 Å². The highest BCUT2D eigenvalue weighted by molar-refractivity contribution is 7.80. The third-order valence-electron chi connectivity index (χ3n) is 2.98. The highest BCUT2D eigenvalue weighted by Gasteiger charge is 2.08. The van der Waals surface area contributed by atoms with Crippen molar-refractivity contribution in [3.05, 3.63) is 63.6 Å². The zero-order chi connectivity index (χ0) is 17.7. The quantitative estimate of drug-likeness (QED) is 0.794. The molecule has 24 heavy (non-hydrogen) atoms. The summed E-state index contributed by atoms with van der Waals surface area (Å²) in [5, 5.41) is 16.8. The summed E-state index contributed by atoms with van der Waals surface area (Å²) >= 11 is 16.6. The molecule has 2 rings (SSSR count). The normalized spacial score (nSPS) is 10.1. The minimum atomic E-state index is -1.40. The van der Waals surface area contributed by atoms with Gasteiger partial charge in [0.25, 0.3) is 0 Å². The van der Waals surface area contributed by atoms with E-state index in [0.717, 1.165) is 5.56 Å². The van der Waals surface area contributed by atoms with E-state index in [4.69, 9.17) is 35.4 Å². The van der Waals surface area contributed by atoms with E-state index in [9.17, 15) is 14.7 Å². The average Bonchev–Trinajstić information content (AvgIpc) is 2.51. The molecule has 0 aliphatic heterocycles. The number of carboxylic acid groups (broad SMARTS) is 1. The van der Waals surface area contributed by atoms with Gasteiger partial charge in [-0.1, -0.05) is 35.3 Å². The van der Waals surface area contributed by atoms with Gasteiger partial charge in [-0.15, -0.1) is 0 Å². The summed E-state index contributed by atoms with van der Waals surface area (Å²) in [5.41, 5.74) is 0.984. The van der Waals surface area contributed by atoms with Crippen LogP contribution < -0.4 is 15.7 Å². The molecule has 0 saturated heterocycles. The van der Waals surface area contributed by atoms with Crippen molar-refractivity contribution in [1.29, 1.82) is 0 Å². The van der Waals surface area contributed by atoms with Gasteiger partial charge in [0.1, 0.15) is 0 Å². The summed E-state index contributed by atoms with van der Waals surface area (Å²) in [5.74, 6) is -1.72. The Morgan fingerprint density at radius 1 is 1.08 bits per heavy atom. The Kier molecular flexibility index (Phi) is 6.14. The van der Waals surface area contributed by atoms with Crippen LogP contribution in [0.3, 0.4) is 0 Å². The number of carbonyl (C=O) groups is 2. The molecule has 2 N–H and O–H groups in total. The van der Waals surface area contributed by atoms with E-state index in [0.29, 0.717) is 10.7 Å². The molecule has 1 amide bonds. The van der Waals surface area contributed by atoms with E-state index in [1.807, 2.05) is 0 Å². The number of rotatable bonds is 4. The lowest BCUT2D eigenvalue weighted by Crippen LogP contribution is -2.35. The van der Waals surface area contributed by atoms with E-state index >= 15 is 0 Å². The van der Waals surface area contributed by atoms with Crippen LogP contribution in [0.25, 0.3) is 0 Å². The minimum absolute atomic E-state index is 0.0422. The Balaban J connectivity index is 1.95. The molecule has 0 fully saturated rings. The second-order valence-electron chi connectivity index (χ2n) is 4.79. The zero-order valence-electron chi connectivity index (χ0n) is 12.1. The van der Waals surface area contributed by atoms with Crippen LogP contribution in [0.4, 0.5) is 5.69 Å². The zero-order valence-corrected chi connectivity index (χ0v) is 14.5. The average molecular weight is 382 g/mol. The Morgan fingerprint density at radius 3 is 2.38 bits per heavy atom. The smallest absolute Gasteiger partial charge is 0.230 e. The molecule has 8 heteroatoms. The number of amides is 1. The summed E-state index contributed by atoms with van der Waals surface area (Å²) < 4.78 is 0. The van der Waals surface area contributed by atoms with E-state index in [-0.39, 0.29) is 28.0 Å². The van der Waals surface area contributed by atoms with Gasteiger partial charge in [-0.3, -0.25) is 4.79 Å². The molecule has 0 aliphatic rings. The van der Waals surface area contributed by atoms with Gasteiger partial charge in [-0.05, 0) is 48.1 Å². The van der Waals surface area contributed by atoms with E-state index < -0.39 is 5.97 Å². The fourth-order valence-corrected chi connectivity index (χ4v) is 2.43. The monoisotopic (exact) mass is 381 g/mol. The molecule has 0 saturated carbocycles. The van der Waals surface area contributed by atoms with E-state index in [1.165, 1.54) is 18.2 Å². The maximum atomic E-state index is 11.9. The van der Waals surface area contributed by atoms with Gasteiger partial charge in [0.05, 0.1) is 12.4 Å². The lowest BCUT2D eigenvalue weighted by Gasteiger charge is -2.12. The van der Waals surface area contributed by atoms with Gasteiger partial charge in [-0.25, -0.2) is 0 Å². The number of nitrogens with one attached hydrogen (secondary N) is 2. The predicted octanol–water partition coefficient (Wildman–Crippen LogP) is 2.41. The largest absolute Gasteiger partial charge is 0.545 e. The van der Waals surface area contributed by atoms with Crippen molar-refractivity contribution in [2.45, 2.75) is 6.42 Å². The topological polar surface area (TPSA) is 81.3 Å². The van der Waals surface area contributed by atoms with Crippen molar-refractivity contribution < 1.29 is 14.7 Å². The standard InChI is InChI=1S/C16H12Cl2N2O3S/c17-10-3-1-9(2-4-10)7-14(21)20-16(24)19-11-5-6-13(18)12(8-11)15(22)23/h1-6,8H,7H2,(H,22,23)(H2,19,20,21,24)/p-1. The van der Waals surface area contributed by atoms with Crippen LogP contribution in [-0.2, 0) is 11.2 Å². The van der Waals surface area contributed by atoms with Gasteiger partial charge in [0.15, 0.2) is 5.11 Å². The highest BCUT2D eigenvalue weighted by atomic mass is 35.5. The molecular formula is C16H11Cl2N2O3S-. The summed E-state index contributed by atoms with van der Waals surface area (Å²) in [6.07, 6.45) is 0.129. The third kappa shape index (κ3) is 5.19. The first-order valence-corrected chi connectivity index (χ1v) is 7.88. The van der Waals surface area contributed by atoms with Crippen LogP contribution in [0.15, 0.2) is 42.5 Å². The van der Waals surface area contributed by atoms with Crippen molar-refractivity contribution in [2.75, 3.05) is 5.32 Å². The van der Waals surface area contributed by atoms with E-state index in [1.54, 1.807) is 24.3 Å². The number of aromatic carboxylic acids is 1. The molecule has 0 aromatic heterocycles. The summed E-state index contributed by atoms with van der Waals surface area (Å²) in [7, 11) is 0. The van der Waals surface area contributed by atoms with Crippen LogP contribution in [0.1, 0.15) is 15.9 Å². The highest BCUT2D eigenvalue weighted by Crippen LogP contribution is 2.20. The molecule has 124 valence electrons. The van der Waals surface area contributed by atoms with Crippen LogP contribution in [0.2, 0.25) is 10.0 Å². The first-order valence-electron chi connectivity index (χ1n) is 6.71. The Hall–Kier alpha value is -2.15. The molecule has 0 spiro atoms. The lowest BCUT2D eigenvalue weighted by atomic mass is 10.1. The van der Waals surface area contributed by atoms with Gasteiger partial charge in [-0.2, -0.15) is 0 Å². The number of anilines is 1. The predicted molar refractivity (Wildman–Crippen MR) is 95.3 cm³/mol. The SMILES string of the molecule is O=C(Cc1ccc(Cl)cc1)NC(=S)Nc1ccc(Cl)c(C(=O)[O-])c1. The molecule has 0 heterocycles. The molecule has 0 atom stereocenters. The van der Waals surface area contributed by atoms with Crippen molar-refractivity contribution in [3.8, 4) is 0 Å². The molecule has 0 unspecified atom stereocenters. The maximum absolute atomic E-state index is 11.9. The van der Waals surface area contributed by atoms with Gasteiger partial charge >= 0.3 is 0 Å². The second-order valence-corrected chi connectivity index (χ2v) is 6.04. The molecular weight excluding hydrogens is 371 g/mol. The van der Waals surface area contributed by atoms with Crippen molar-refractivity contribution in [1.82, 2.24) is 5.32 Å². The third-order valence-corrected chi connectivity index (χ3v) is 3.76. The van der Waals surface area contributed by atoms with Gasteiger partial charge in [0, 0.05) is 21.3 Å². The number of hydrogen-bond acceptors (Lipinski definition) is 4. The number of hydrogen-bond donors (Lipinski definition) is 2. The molecule has 5 nitrogen and oxygen atoms in total. The molecule has 0 aliphatic carbocycles. The summed E-state index contributed by atoms with van der Waals surface area (Å²) in [4.78, 5) is 22.9. The summed E-state index contributed by atoms with van der Waals surface area (Å²) in [6, 6.07) is 11.1. The van der Waals surface area contributed by atoms with Gasteiger partial charge < -0.3 is 20.5 Å². The van der Waals surface area contributed by atoms with Crippen LogP contribution in [0, 0.1) is 0 Å². The number of benzene rings is 2. The number of thiocarbonyl (C=S) groups is 1. The lowest BCUT2D eigenvalue weighted by molar-refractivity contribution is -0.255. The fraction of sp³-hybridized carbons (Fsp3) is 0.0625. The molecule has 0 bridgehead atoms. The Bertz CT molecular complexity index is 794. The molecule has 0 radical (unpaired) electrons. The first-order chi connectivity index (χ1) is 11.3. The fourth-order valence-electron chi connectivity index (χ4n) is 1.88. The minimum Gasteiger partial charge on any atom is -0.545 e. The van der Waals surface area contributed by atoms with Crippen LogP contribution in [-0.4, -0.2) is 17.0 Å². The van der Waals surface area contributed by atoms with Crippen LogP contribution in [0.5, 0.6) is 0 Å². The molecule has 2 aromatic carbocycles. The van der Waals surface area contributed by atoms with Crippen molar-refractivity contribution in [3.63, 3.8) is 0 Å². The van der Waals surface area contributed by atoms with Crippen LogP contribution >= 0.6 is 35.4 Å². The summed E-state index contributed by atoms with van der Waals surface area (Å²) in [6.45, 7) is 0. The first kappa shape index (κ1) is 18.2. The second kappa shape index (κ2) is 8.10. The number of carboxylic acids is 1. The van der Waals surface area contributed by atoms with Gasteiger partial charge in [0.2, 0.25) is 5.91 Å². The Morgan fingerprint density at radius 2 is 1.75 bits per heavy atom. The molecule has 2 aromatic rings. The Labute approximate surface area is 153 Å². The van der Waals surface area contributed by atoms with Crippen molar-refractivity contribution >= 4 is 58.1 Å².